The Balaban J connectivity index is 2.76. The zero-order valence-corrected chi connectivity index (χ0v) is 7.86. The summed E-state index contributed by atoms with van der Waals surface area (Å²) < 4.78 is 0. The molecule has 0 saturated carbocycles. The van der Waals surface area contributed by atoms with E-state index in [1.165, 1.54) is 5.39 Å². The summed E-state index contributed by atoms with van der Waals surface area (Å²) in [6.45, 7) is 4.30. The van der Waals surface area contributed by atoms with Crippen LogP contribution in [-0.2, 0) is 0 Å². The van der Waals surface area contributed by atoms with Crippen LogP contribution in [0.1, 0.15) is 25.5 Å². The van der Waals surface area contributed by atoms with E-state index in [1.807, 2.05) is 18.2 Å². The second-order valence-corrected chi connectivity index (χ2v) is 3.43. The van der Waals surface area contributed by atoms with Crippen molar-refractivity contribution in [2.45, 2.75) is 19.8 Å². The number of hydrogen-bond acceptors (Lipinski definition) is 2. The fourth-order valence-corrected chi connectivity index (χ4v) is 1.49. The standard InChI is InChI=1S/C11H12N2/c1-8(2)11-9-5-3-4-6-10(9)12-7-13-11/h3-8H,1-2H3. The highest BCUT2D eigenvalue weighted by Gasteiger charge is 2.05. The van der Waals surface area contributed by atoms with Gasteiger partial charge in [0.1, 0.15) is 6.33 Å². The maximum atomic E-state index is 4.30. The number of hydrogen-bond donors (Lipinski definition) is 0. The minimum atomic E-state index is 0.452. The molecule has 2 nitrogen and oxygen atoms in total. The first-order chi connectivity index (χ1) is 6.29. The van der Waals surface area contributed by atoms with Crippen molar-refractivity contribution in [3.05, 3.63) is 36.3 Å². The van der Waals surface area contributed by atoms with Crippen LogP contribution in [0.4, 0.5) is 0 Å². The third kappa shape index (κ3) is 1.39. The van der Waals surface area contributed by atoms with Crippen molar-refractivity contribution in [1.29, 1.82) is 0 Å². The molecule has 1 aromatic heterocycles. The fourth-order valence-electron chi connectivity index (χ4n) is 1.49. The molecule has 2 heteroatoms. The van der Waals surface area contributed by atoms with Crippen LogP contribution in [0.3, 0.4) is 0 Å². The lowest BCUT2D eigenvalue weighted by Gasteiger charge is -2.06. The smallest absolute Gasteiger partial charge is 0.116 e. The second kappa shape index (κ2) is 3.13. The SMILES string of the molecule is CC(C)c1ncnc2ccccc12. The van der Waals surface area contributed by atoms with E-state index in [9.17, 15) is 0 Å². The van der Waals surface area contributed by atoms with E-state index in [-0.39, 0.29) is 0 Å². The molecule has 0 bridgehead atoms. The molecule has 0 amide bonds. The largest absolute Gasteiger partial charge is 0.240 e. The van der Waals surface area contributed by atoms with Gasteiger partial charge in [0.15, 0.2) is 0 Å². The van der Waals surface area contributed by atoms with Crippen LogP contribution >= 0.6 is 0 Å². The fraction of sp³-hybridized carbons (Fsp3) is 0.273. The summed E-state index contributed by atoms with van der Waals surface area (Å²) in [6, 6.07) is 8.12. The molecule has 0 radical (unpaired) electrons. The Bertz CT molecular complexity index is 416. The third-order valence-electron chi connectivity index (χ3n) is 2.12. The Morgan fingerprint density at radius 2 is 1.85 bits per heavy atom. The molecule has 0 saturated heterocycles. The van der Waals surface area contributed by atoms with E-state index < -0.39 is 0 Å². The van der Waals surface area contributed by atoms with Gasteiger partial charge < -0.3 is 0 Å². The summed E-state index contributed by atoms with van der Waals surface area (Å²) in [5.74, 6) is 0.452. The summed E-state index contributed by atoms with van der Waals surface area (Å²) in [5.41, 5.74) is 2.16. The van der Waals surface area contributed by atoms with Crippen LogP contribution in [-0.4, -0.2) is 9.97 Å². The zero-order chi connectivity index (χ0) is 9.26. The van der Waals surface area contributed by atoms with Gasteiger partial charge >= 0.3 is 0 Å². The van der Waals surface area contributed by atoms with E-state index in [2.05, 4.69) is 29.9 Å². The molecule has 0 N–H and O–H groups in total. The van der Waals surface area contributed by atoms with Gasteiger partial charge in [0.25, 0.3) is 0 Å². The Kier molecular flexibility index (Phi) is 1.97. The molecule has 0 aliphatic carbocycles. The molecule has 0 fully saturated rings. The summed E-state index contributed by atoms with van der Waals surface area (Å²) in [5, 5.41) is 1.17. The Hall–Kier alpha value is -1.44. The highest BCUT2D eigenvalue weighted by atomic mass is 14.8. The van der Waals surface area contributed by atoms with Gasteiger partial charge in [0.05, 0.1) is 11.2 Å². The van der Waals surface area contributed by atoms with Gasteiger partial charge in [-0.05, 0) is 12.0 Å². The van der Waals surface area contributed by atoms with Gasteiger partial charge in [0, 0.05) is 5.39 Å². The van der Waals surface area contributed by atoms with E-state index in [1.54, 1.807) is 6.33 Å². The molecular weight excluding hydrogens is 160 g/mol. The normalized spacial score (nSPS) is 11.0. The first-order valence-corrected chi connectivity index (χ1v) is 4.48. The van der Waals surface area contributed by atoms with Crippen LogP contribution in [0.2, 0.25) is 0 Å². The molecule has 2 aromatic rings. The Labute approximate surface area is 77.6 Å². The van der Waals surface area contributed by atoms with Crippen LogP contribution in [0, 0.1) is 0 Å². The van der Waals surface area contributed by atoms with Gasteiger partial charge in [-0.15, -0.1) is 0 Å². The first kappa shape index (κ1) is 8.17. The number of fused-ring (bicyclic) bond motifs is 1. The minimum absolute atomic E-state index is 0.452. The highest BCUT2D eigenvalue weighted by molar-refractivity contribution is 5.80. The van der Waals surface area contributed by atoms with Gasteiger partial charge in [-0.2, -0.15) is 0 Å². The number of nitrogens with zero attached hydrogens (tertiary/aromatic N) is 2. The molecule has 66 valence electrons. The Morgan fingerprint density at radius 3 is 2.62 bits per heavy atom. The first-order valence-electron chi connectivity index (χ1n) is 4.48. The summed E-state index contributed by atoms with van der Waals surface area (Å²) in [4.78, 5) is 8.51. The molecule has 0 atom stereocenters. The van der Waals surface area contributed by atoms with Gasteiger partial charge in [0.2, 0.25) is 0 Å². The summed E-state index contributed by atoms with van der Waals surface area (Å²) in [6.07, 6.45) is 1.64. The molecule has 2 rings (SSSR count). The molecule has 1 heterocycles. The summed E-state index contributed by atoms with van der Waals surface area (Å²) in [7, 11) is 0. The van der Waals surface area contributed by atoms with Crippen LogP contribution < -0.4 is 0 Å². The van der Waals surface area contributed by atoms with Crippen LogP contribution in [0.25, 0.3) is 10.9 Å². The monoisotopic (exact) mass is 172 g/mol. The quantitative estimate of drug-likeness (QED) is 0.661. The van der Waals surface area contributed by atoms with Gasteiger partial charge in [-0.3, -0.25) is 0 Å². The molecule has 0 unspecified atom stereocenters. The van der Waals surface area contributed by atoms with E-state index in [0.717, 1.165) is 11.2 Å². The maximum Gasteiger partial charge on any atom is 0.116 e. The van der Waals surface area contributed by atoms with Crippen molar-refractivity contribution in [3.63, 3.8) is 0 Å². The molecule has 13 heavy (non-hydrogen) atoms. The van der Waals surface area contributed by atoms with E-state index in [0.29, 0.717) is 5.92 Å². The van der Waals surface area contributed by atoms with E-state index in [4.69, 9.17) is 0 Å². The number of aromatic nitrogens is 2. The topological polar surface area (TPSA) is 25.8 Å². The van der Waals surface area contributed by atoms with Crippen molar-refractivity contribution < 1.29 is 0 Å². The average Bonchev–Trinajstić information content (AvgIpc) is 2.17. The molecule has 0 aliphatic rings. The Morgan fingerprint density at radius 1 is 1.08 bits per heavy atom. The lowest BCUT2D eigenvalue weighted by Crippen LogP contribution is -1.94. The van der Waals surface area contributed by atoms with E-state index >= 15 is 0 Å². The van der Waals surface area contributed by atoms with Crippen molar-refractivity contribution in [2.75, 3.05) is 0 Å². The minimum Gasteiger partial charge on any atom is -0.240 e. The summed E-state index contributed by atoms with van der Waals surface area (Å²) >= 11 is 0. The maximum absolute atomic E-state index is 4.30. The van der Waals surface area contributed by atoms with Gasteiger partial charge in [-0.1, -0.05) is 32.0 Å². The van der Waals surface area contributed by atoms with Crippen molar-refractivity contribution in [3.8, 4) is 0 Å². The average molecular weight is 172 g/mol. The van der Waals surface area contributed by atoms with Crippen molar-refractivity contribution in [2.24, 2.45) is 0 Å². The third-order valence-corrected chi connectivity index (χ3v) is 2.12. The van der Waals surface area contributed by atoms with Crippen molar-refractivity contribution in [1.82, 2.24) is 9.97 Å². The van der Waals surface area contributed by atoms with Crippen LogP contribution in [0.5, 0.6) is 0 Å². The predicted molar refractivity (Wildman–Crippen MR) is 53.6 cm³/mol. The number of benzene rings is 1. The number of para-hydroxylation sites is 1. The highest BCUT2D eigenvalue weighted by Crippen LogP contribution is 2.20. The second-order valence-electron chi connectivity index (χ2n) is 3.43. The molecule has 1 aromatic carbocycles. The van der Waals surface area contributed by atoms with Crippen LogP contribution in [0.15, 0.2) is 30.6 Å². The lowest BCUT2D eigenvalue weighted by atomic mass is 10.1. The van der Waals surface area contributed by atoms with Gasteiger partial charge in [-0.25, -0.2) is 9.97 Å². The zero-order valence-electron chi connectivity index (χ0n) is 7.86. The lowest BCUT2D eigenvalue weighted by molar-refractivity contribution is 0.828. The number of rotatable bonds is 1. The molecular formula is C11H12N2. The molecule has 0 aliphatic heterocycles. The van der Waals surface area contributed by atoms with Crippen molar-refractivity contribution >= 4 is 10.9 Å². The predicted octanol–water partition coefficient (Wildman–Crippen LogP) is 2.75. The molecule has 0 spiro atoms.